The number of rotatable bonds is 29. The summed E-state index contributed by atoms with van der Waals surface area (Å²) in [6, 6.07) is 18.8. The minimum atomic E-state index is -1.65. The number of aldehydes is 1. The third kappa shape index (κ3) is 27.1. The van der Waals surface area contributed by atoms with E-state index in [0.29, 0.717) is 55.9 Å². The standard InChI is InChI=1S/C28H49NO3.C18H23N3OS.C17H24BrNO.C11H18FNO2.C6H12/c1-6-9-25(8-3)11-12-26(10-7-2)27-21-23(4)24(5)22-28(27)32-20-19-31-18-15-29-13-16-30-17-14-29;1-13-17(23(13,3)12-19)15-8-6-14(7-9-15)11-20-18(22)16-5-4-10-21(16)2;1-6-11(3)13(5)19-17(20)16-14(12(4)7-2)9-8-10-15(16)18;1-10(2,3)8(7-14)6-13-9(15)11(12)4-5-11;1-6-4-2-3-5-6/h21-22,25-26H,6-20H2,1-5H3;6-9,16H,4-5,10-11H2,1-3H3,(H,20,22);8-12H,6-7H2,1-5H3;7-8H,4-6H2,1-3H3,(H,13,15);6H,2-5H2,1H3. The van der Waals surface area contributed by atoms with Crippen molar-refractivity contribution in [3.8, 4) is 11.2 Å². The normalized spacial score (nSPS) is 20.6. The molecule has 3 aliphatic heterocycles. The van der Waals surface area contributed by atoms with E-state index >= 15 is 0 Å². The molecule has 3 aromatic rings. The van der Waals surface area contributed by atoms with E-state index in [-0.39, 0.29) is 35.7 Å². The van der Waals surface area contributed by atoms with Crippen molar-refractivity contribution in [1.29, 1.82) is 5.26 Å². The number of hydrogen-bond acceptors (Lipinski definition) is 10. The summed E-state index contributed by atoms with van der Waals surface area (Å²) >= 11 is 3.50. The highest BCUT2D eigenvalue weighted by Gasteiger charge is 2.51. The summed E-state index contributed by atoms with van der Waals surface area (Å²) in [5, 5.41) is 17.3. The molecule has 5 aliphatic rings. The van der Waals surface area contributed by atoms with Gasteiger partial charge in [-0.1, -0.05) is 170 Å². The SMILES string of the molecule is CC(C)(C)C(C=O)CNC(=O)C1(F)CC1.CC1=C(c2ccc(CNC(=O)C3CCCN3C)cc2)S1(C)C#N.CC1CCCC1.CCC(C)C(C)=NC(=O)c1c(Br)cccc1C(C)CC.CCCC(CC)CCC(CCC)c1cc(C)c(C)cc1OCCOCCN1CCOCC1. The molecule has 0 radical (unpaired) electrons. The Kier molecular flexibility index (Phi) is 36.9. The number of hydrogen-bond donors (Lipinski definition) is 2. The molecular weight excluding hydrogens is 1290 g/mol. The van der Waals surface area contributed by atoms with E-state index in [4.69, 9.17) is 14.2 Å². The average molecular weight is 1410 g/mol. The van der Waals surface area contributed by atoms with Crippen molar-refractivity contribution in [3.63, 3.8) is 0 Å². The number of halogens is 2. The van der Waals surface area contributed by atoms with Gasteiger partial charge in [0.15, 0.2) is 5.67 Å². The number of thiocyanates is 1. The number of amides is 3. The van der Waals surface area contributed by atoms with Crippen LogP contribution in [0.5, 0.6) is 5.75 Å². The van der Waals surface area contributed by atoms with E-state index in [1.54, 1.807) is 0 Å². The van der Waals surface area contributed by atoms with Crippen LogP contribution in [0.1, 0.15) is 255 Å². The summed E-state index contributed by atoms with van der Waals surface area (Å²) < 4.78 is 31.7. The highest BCUT2D eigenvalue weighted by molar-refractivity contribution is 9.10. The van der Waals surface area contributed by atoms with E-state index in [1.807, 2.05) is 71.3 Å². The van der Waals surface area contributed by atoms with Crippen LogP contribution >= 0.6 is 26.0 Å². The molecule has 2 N–H and O–H groups in total. The Balaban J connectivity index is 0.000000272. The molecule has 0 bridgehead atoms. The Hall–Kier alpha value is -4.76. The molecule has 4 fully saturated rings. The molecule has 13 nitrogen and oxygen atoms in total. The van der Waals surface area contributed by atoms with E-state index in [0.717, 1.165) is 122 Å². The number of aliphatic imine (C=N–C) groups is 1. The number of benzene rings is 3. The lowest BCUT2D eigenvalue weighted by Gasteiger charge is -2.26. The van der Waals surface area contributed by atoms with Gasteiger partial charge in [0.1, 0.15) is 24.0 Å². The Morgan fingerprint density at radius 3 is 2.04 bits per heavy atom. The number of likely N-dealkylation sites (N-methyl/N-ethyl adjacent to an activating group) is 1. The molecule has 2 saturated carbocycles. The fourth-order valence-electron chi connectivity index (χ4n) is 12.5. The minimum Gasteiger partial charge on any atom is -0.491 e. The molecule has 7 atom stereocenters. The molecule has 7 unspecified atom stereocenters. The first-order chi connectivity index (χ1) is 45.7. The van der Waals surface area contributed by atoms with Gasteiger partial charge in [-0.25, -0.2) is 9.38 Å². The number of nitriles is 1. The Morgan fingerprint density at radius 2 is 1.51 bits per heavy atom. The van der Waals surface area contributed by atoms with E-state index < -0.39 is 21.6 Å². The Morgan fingerprint density at radius 1 is 0.854 bits per heavy atom. The molecular formula is C80H126BrFN6O7S. The lowest BCUT2D eigenvalue weighted by atomic mass is 9.81. The number of likely N-dealkylation sites (tertiary alicyclic amines) is 1. The van der Waals surface area contributed by atoms with Gasteiger partial charge in [-0.05, 0) is 207 Å². The van der Waals surface area contributed by atoms with Gasteiger partial charge in [0.05, 0.1) is 38.0 Å². The maximum absolute atomic E-state index is 13.2. The van der Waals surface area contributed by atoms with Gasteiger partial charge < -0.3 is 29.6 Å². The van der Waals surface area contributed by atoms with Crippen molar-refractivity contribution >= 4 is 60.6 Å². The molecule has 3 aromatic carbocycles. The van der Waals surface area contributed by atoms with Crippen molar-refractivity contribution in [3.05, 3.63) is 103 Å². The number of carbonyl (C=O) groups excluding carboxylic acids is 4. The number of carbonyl (C=O) groups is 4. The molecule has 8 rings (SSSR count). The summed E-state index contributed by atoms with van der Waals surface area (Å²) in [6.07, 6.45) is 22.4. The topological polar surface area (TPSA) is 163 Å². The van der Waals surface area contributed by atoms with E-state index in [9.17, 15) is 28.8 Å². The van der Waals surface area contributed by atoms with Gasteiger partial charge in [0, 0.05) is 53.7 Å². The number of nitrogens with zero attached hydrogens (tertiary/aromatic N) is 4. The number of allylic oxidation sites excluding steroid dienone is 1. The third-order valence-electron chi connectivity index (χ3n) is 20.5. The van der Waals surface area contributed by atoms with E-state index in [2.05, 4.69) is 147 Å². The fourth-order valence-corrected chi connectivity index (χ4v) is 15.2. The largest absolute Gasteiger partial charge is 0.491 e. The quantitative estimate of drug-likeness (QED) is 0.0296. The van der Waals surface area contributed by atoms with Gasteiger partial charge in [0.25, 0.3) is 11.8 Å². The maximum atomic E-state index is 13.2. The summed E-state index contributed by atoms with van der Waals surface area (Å²) in [4.78, 5) is 58.1. The third-order valence-corrected chi connectivity index (χ3v) is 24.1. The van der Waals surface area contributed by atoms with Gasteiger partial charge in [-0.15, -0.1) is 10.0 Å². The first kappa shape index (κ1) is 83.7. The van der Waals surface area contributed by atoms with Crippen LogP contribution in [0, 0.1) is 53.6 Å². The number of aryl methyl sites for hydroxylation is 2. The zero-order valence-corrected chi connectivity index (χ0v) is 64.8. The predicted molar refractivity (Wildman–Crippen MR) is 403 cm³/mol. The Labute approximate surface area is 590 Å². The van der Waals surface area contributed by atoms with Crippen LogP contribution in [0.4, 0.5) is 4.39 Å². The van der Waals surface area contributed by atoms with Crippen molar-refractivity contribution in [2.45, 2.75) is 243 Å². The maximum Gasteiger partial charge on any atom is 0.278 e. The van der Waals surface area contributed by atoms with Gasteiger partial charge in [-0.2, -0.15) is 5.26 Å². The predicted octanol–water partition coefficient (Wildman–Crippen LogP) is 18.8. The second kappa shape index (κ2) is 42.4. The number of nitrogens with one attached hydrogen (secondary N) is 2. The smallest absolute Gasteiger partial charge is 0.278 e. The molecule has 2 aliphatic carbocycles. The number of ether oxygens (including phenoxy) is 3. The number of alkyl halides is 1. The van der Waals surface area contributed by atoms with Crippen LogP contribution < -0.4 is 15.4 Å². The lowest BCUT2D eigenvalue weighted by molar-refractivity contribution is -0.128. The van der Waals surface area contributed by atoms with Crippen molar-refractivity contribution < 1.29 is 37.8 Å². The highest BCUT2D eigenvalue weighted by Crippen LogP contribution is 2.78. The van der Waals surface area contributed by atoms with Crippen LogP contribution in [-0.4, -0.2) is 130 Å². The minimum absolute atomic E-state index is 0.0217. The molecule has 16 heteroatoms. The monoisotopic (exact) mass is 1410 g/mol. The van der Waals surface area contributed by atoms with Gasteiger partial charge in [-0.3, -0.25) is 24.2 Å². The molecule has 3 heterocycles. The van der Waals surface area contributed by atoms with Crippen molar-refractivity contribution in [2.75, 3.05) is 79.1 Å². The summed E-state index contributed by atoms with van der Waals surface area (Å²) in [5.41, 5.74) is 7.17. The zero-order valence-electron chi connectivity index (χ0n) is 62.4. The first-order valence-electron chi connectivity index (χ1n) is 36.6. The molecule has 0 spiro atoms. The molecule has 2 saturated heterocycles. The van der Waals surface area contributed by atoms with Crippen LogP contribution in [0.25, 0.3) is 4.91 Å². The van der Waals surface area contributed by atoms with Crippen LogP contribution in [-0.2, 0) is 30.4 Å². The van der Waals surface area contributed by atoms with Crippen LogP contribution in [0.3, 0.4) is 0 Å². The molecule has 538 valence electrons. The van der Waals surface area contributed by atoms with Crippen molar-refractivity contribution in [2.24, 2.45) is 34.1 Å². The zero-order chi connectivity index (χ0) is 71.2. The number of morpholine rings is 1. The summed E-state index contributed by atoms with van der Waals surface area (Å²) in [7, 11) is 0.729. The van der Waals surface area contributed by atoms with Gasteiger partial charge >= 0.3 is 0 Å². The Bertz CT molecular complexity index is 2980. The second-order valence-electron chi connectivity index (χ2n) is 29.0. The fraction of sp³-hybridized carbons (Fsp3) is 0.675. The van der Waals surface area contributed by atoms with Crippen LogP contribution in [0.15, 0.2) is 69.0 Å². The second-order valence-corrected chi connectivity index (χ2v) is 32.9. The van der Waals surface area contributed by atoms with Gasteiger partial charge in [0.2, 0.25) is 5.91 Å². The van der Waals surface area contributed by atoms with Crippen molar-refractivity contribution in [1.82, 2.24) is 20.4 Å². The van der Waals surface area contributed by atoms with E-state index in [1.165, 1.54) is 97.1 Å². The van der Waals surface area contributed by atoms with Crippen LogP contribution in [0.2, 0.25) is 0 Å². The average Bonchev–Trinajstić information content (AvgIpc) is 1.57. The summed E-state index contributed by atoms with van der Waals surface area (Å²) in [5.74, 6) is 3.40. The lowest BCUT2D eigenvalue weighted by Crippen LogP contribution is -2.41. The molecule has 0 aromatic heterocycles. The highest BCUT2D eigenvalue weighted by atomic mass is 79.9. The first-order valence-corrected chi connectivity index (χ1v) is 39.4. The molecule has 3 amide bonds. The molecule has 96 heavy (non-hydrogen) atoms. The summed E-state index contributed by atoms with van der Waals surface area (Å²) in [6.45, 7) is 40.4.